The van der Waals surface area contributed by atoms with Gasteiger partial charge in [-0.2, -0.15) is 0 Å². The van der Waals surface area contributed by atoms with Gasteiger partial charge < -0.3 is 15.7 Å². The second kappa shape index (κ2) is 7.63. The maximum atomic E-state index is 11.4. The summed E-state index contributed by atoms with van der Waals surface area (Å²) in [5.41, 5.74) is 0.0518. The Morgan fingerprint density at radius 1 is 1.38 bits per heavy atom. The summed E-state index contributed by atoms with van der Waals surface area (Å²) in [5, 5.41) is 14.7. The number of carbonyl (C=O) groups is 1. The van der Waals surface area contributed by atoms with Crippen LogP contribution in [0.15, 0.2) is 0 Å². The van der Waals surface area contributed by atoms with Crippen LogP contribution in [0, 0.1) is 5.41 Å². The number of aliphatic hydroxyl groups excluding tert-OH is 1. The van der Waals surface area contributed by atoms with Crippen LogP contribution < -0.4 is 10.6 Å². The molecule has 0 saturated carbocycles. The summed E-state index contributed by atoms with van der Waals surface area (Å²) in [6, 6.07) is 0.327. The zero-order valence-corrected chi connectivity index (χ0v) is 11.0. The molecule has 16 heavy (non-hydrogen) atoms. The standard InChI is InChI=1S/C12H26N2O2/c1-10(2)13-8-11(16)14-9-12(3,4)6-5-7-15/h10,13,15H,5-9H2,1-4H3,(H,14,16). The Balaban J connectivity index is 3.72. The Kier molecular flexibility index (Phi) is 7.34. The maximum Gasteiger partial charge on any atom is 0.233 e. The number of nitrogens with one attached hydrogen (secondary N) is 2. The van der Waals surface area contributed by atoms with Gasteiger partial charge in [-0.05, 0) is 18.3 Å². The average molecular weight is 230 g/mol. The predicted molar refractivity (Wildman–Crippen MR) is 66.2 cm³/mol. The van der Waals surface area contributed by atoms with Crippen LogP contribution in [0.5, 0.6) is 0 Å². The minimum absolute atomic E-state index is 0.0331. The van der Waals surface area contributed by atoms with Crippen LogP contribution in [0.3, 0.4) is 0 Å². The quantitative estimate of drug-likeness (QED) is 0.580. The molecular weight excluding hydrogens is 204 g/mol. The first-order valence-electron chi connectivity index (χ1n) is 5.98. The van der Waals surface area contributed by atoms with E-state index >= 15 is 0 Å². The molecule has 0 aliphatic carbocycles. The molecule has 0 saturated heterocycles. The molecule has 0 rings (SSSR count). The van der Waals surface area contributed by atoms with E-state index in [0.29, 0.717) is 19.1 Å². The molecule has 0 aromatic heterocycles. The molecule has 0 aromatic carbocycles. The van der Waals surface area contributed by atoms with Gasteiger partial charge in [0.15, 0.2) is 0 Å². The molecule has 0 fully saturated rings. The van der Waals surface area contributed by atoms with Crippen LogP contribution in [-0.4, -0.2) is 36.8 Å². The number of amides is 1. The Morgan fingerprint density at radius 2 is 2.00 bits per heavy atom. The van der Waals surface area contributed by atoms with Crippen molar-refractivity contribution in [3.63, 3.8) is 0 Å². The predicted octanol–water partition coefficient (Wildman–Crippen LogP) is 0.899. The highest BCUT2D eigenvalue weighted by Gasteiger charge is 2.18. The van der Waals surface area contributed by atoms with Crippen molar-refractivity contribution in [3.05, 3.63) is 0 Å². The minimum atomic E-state index is 0.0331. The summed E-state index contributed by atoms with van der Waals surface area (Å²) in [7, 11) is 0. The van der Waals surface area contributed by atoms with Gasteiger partial charge in [0.25, 0.3) is 0 Å². The van der Waals surface area contributed by atoms with Gasteiger partial charge in [-0.25, -0.2) is 0 Å². The van der Waals surface area contributed by atoms with E-state index in [9.17, 15) is 4.79 Å². The molecule has 0 bridgehead atoms. The topological polar surface area (TPSA) is 61.4 Å². The number of rotatable bonds is 8. The molecule has 96 valence electrons. The van der Waals surface area contributed by atoms with Crippen molar-refractivity contribution in [2.75, 3.05) is 19.7 Å². The van der Waals surface area contributed by atoms with Gasteiger partial charge in [0.2, 0.25) is 5.91 Å². The van der Waals surface area contributed by atoms with Crippen molar-refractivity contribution in [1.29, 1.82) is 0 Å². The number of hydrogen-bond donors (Lipinski definition) is 3. The minimum Gasteiger partial charge on any atom is -0.396 e. The lowest BCUT2D eigenvalue weighted by atomic mass is 9.88. The van der Waals surface area contributed by atoms with Gasteiger partial charge in [0, 0.05) is 19.2 Å². The molecule has 0 aromatic rings. The van der Waals surface area contributed by atoms with Gasteiger partial charge >= 0.3 is 0 Å². The fraction of sp³-hybridized carbons (Fsp3) is 0.917. The van der Waals surface area contributed by atoms with Crippen LogP contribution >= 0.6 is 0 Å². The third-order valence-corrected chi connectivity index (χ3v) is 2.45. The highest BCUT2D eigenvalue weighted by molar-refractivity contribution is 5.78. The van der Waals surface area contributed by atoms with Crippen molar-refractivity contribution in [2.45, 2.75) is 46.6 Å². The molecule has 3 N–H and O–H groups in total. The number of aliphatic hydroxyl groups is 1. The molecular formula is C12H26N2O2. The largest absolute Gasteiger partial charge is 0.396 e. The fourth-order valence-electron chi connectivity index (χ4n) is 1.34. The summed E-state index contributed by atoms with van der Waals surface area (Å²) in [4.78, 5) is 11.4. The second-order valence-corrected chi connectivity index (χ2v) is 5.30. The summed E-state index contributed by atoms with van der Waals surface area (Å²) >= 11 is 0. The van der Waals surface area contributed by atoms with Crippen LogP contribution in [-0.2, 0) is 4.79 Å². The summed E-state index contributed by atoms with van der Waals surface area (Å²) in [5.74, 6) is 0.0331. The molecule has 0 atom stereocenters. The van der Waals surface area contributed by atoms with Gasteiger partial charge in [0.1, 0.15) is 0 Å². The van der Waals surface area contributed by atoms with E-state index in [4.69, 9.17) is 5.11 Å². The van der Waals surface area contributed by atoms with Gasteiger partial charge in [0.05, 0.1) is 6.54 Å². The Hall–Kier alpha value is -0.610. The normalized spacial score (nSPS) is 11.9. The molecule has 0 heterocycles. The van der Waals surface area contributed by atoms with E-state index < -0.39 is 0 Å². The first kappa shape index (κ1) is 15.4. The van der Waals surface area contributed by atoms with Gasteiger partial charge in [-0.3, -0.25) is 4.79 Å². The monoisotopic (exact) mass is 230 g/mol. The molecule has 0 aliphatic heterocycles. The van der Waals surface area contributed by atoms with Crippen LogP contribution in [0.25, 0.3) is 0 Å². The zero-order chi connectivity index (χ0) is 12.6. The van der Waals surface area contributed by atoms with E-state index in [-0.39, 0.29) is 17.9 Å². The zero-order valence-electron chi connectivity index (χ0n) is 11.0. The lowest BCUT2D eigenvalue weighted by Gasteiger charge is -2.24. The summed E-state index contributed by atoms with van der Waals surface area (Å²) in [6.07, 6.45) is 1.70. The Morgan fingerprint density at radius 3 is 2.50 bits per heavy atom. The van der Waals surface area contributed by atoms with E-state index in [1.165, 1.54) is 0 Å². The first-order valence-corrected chi connectivity index (χ1v) is 5.98. The van der Waals surface area contributed by atoms with E-state index in [1.807, 2.05) is 13.8 Å². The molecule has 0 unspecified atom stereocenters. The highest BCUT2D eigenvalue weighted by atomic mass is 16.2. The fourth-order valence-corrected chi connectivity index (χ4v) is 1.34. The van der Waals surface area contributed by atoms with E-state index in [2.05, 4.69) is 24.5 Å². The molecule has 4 heteroatoms. The van der Waals surface area contributed by atoms with Crippen molar-refractivity contribution < 1.29 is 9.90 Å². The van der Waals surface area contributed by atoms with Crippen LogP contribution in [0.1, 0.15) is 40.5 Å². The lowest BCUT2D eigenvalue weighted by Crippen LogP contribution is -2.40. The lowest BCUT2D eigenvalue weighted by molar-refractivity contribution is -0.120. The van der Waals surface area contributed by atoms with E-state index in [0.717, 1.165) is 12.8 Å². The molecule has 4 nitrogen and oxygen atoms in total. The molecule has 0 spiro atoms. The van der Waals surface area contributed by atoms with Crippen molar-refractivity contribution in [2.24, 2.45) is 5.41 Å². The third-order valence-electron chi connectivity index (χ3n) is 2.45. The highest BCUT2D eigenvalue weighted by Crippen LogP contribution is 2.20. The van der Waals surface area contributed by atoms with Crippen LogP contribution in [0.2, 0.25) is 0 Å². The smallest absolute Gasteiger partial charge is 0.233 e. The average Bonchev–Trinajstić information content (AvgIpc) is 2.21. The maximum absolute atomic E-state index is 11.4. The van der Waals surface area contributed by atoms with Crippen molar-refractivity contribution >= 4 is 5.91 Å². The third kappa shape index (κ3) is 8.68. The number of hydrogen-bond acceptors (Lipinski definition) is 3. The van der Waals surface area contributed by atoms with E-state index in [1.54, 1.807) is 0 Å². The Labute approximate surface area is 98.8 Å². The molecule has 0 aliphatic rings. The SMILES string of the molecule is CC(C)NCC(=O)NCC(C)(C)CCCO. The molecule has 1 amide bonds. The summed E-state index contributed by atoms with van der Waals surface area (Å²) in [6.45, 7) is 9.46. The Bertz CT molecular complexity index is 203. The van der Waals surface area contributed by atoms with Crippen molar-refractivity contribution in [3.8, 4) is 0 Å². The van der Waals surface area contributed by atoms with Gasteiger partial charge in [-0.1, -0.05) is 27.7 Å². The number of carbonyl (C=O) groups excluding carboxylic acids is 1. The van der Waals surface area contributed by atoms with Crippen LogP contribution in [0.4, 0.5) is 0 Å². The summed E-state index contributed by atoms with van der Waals surface area (Å²) < 4.78 is 0. The second-order valence-electron chi connectivity index (χ2n) is 5.30. The first-order chi connectivity index (χ1) is 7.37. The van der Waals surface area contributed by atoms with Gasteiger partial charge in [-0.15, -0.1) is 0 Å². The molecule has 0 radical (unpaired) electrons. The van der Waals surface area contributed by atoms with Crippen molar-refractivity contribution in [1.82, 2.24) is 10.6 Å².